The molecule has 0 spiro atoms. The van der Waals surface area contributed by atoms with Gasteiger partial charge >= 0.3 is 0 Å². The Labute approximate surface area is 105 Å². The molecule has 100 valence electrons. The van der Waals surface area contributed by atoms with Crippen molar-refractivity contribution in [2.24, 2.45) is 17.8 Å². The first-order valence-corrected chi connectivity index (χ1v) is 7.67. The molecular formula is C16H36. The van der Waals surface area contributed by atoms with Crippen LogP contribution in [0, 0.1) is 17.8 Å². The highest BCUT2D eigenvalue weighted by Gasteiger charge is 2.25. The van der Waals surface area contributed by atoms with Gasteiger partial charge in [0.2, 0.25) is 0 Å². The third-order valence-electron chi connectivity index (χ3n) is 3.35. The first-order chi connectivity index (χ1) is 7.67. The van der Waals surface area contributed by atoms with Crippen LogP contribution in [-0.4, -0.2) is 0 Å². The first kappa shape index (κ1) is 18.4. The lowest BCUT2D eigenvalue weighted by Crippen LogP contribution is -2.23. The van der Waals surface area contributed by atoms with Crippen molar-refractivity contribution >= 4 is 0 Å². The Balaban J connectivity index is 0. The van der Waals surface area contributed by atoms with Gasteiger partial charge in [0.1, 0.15) is 0 Å². The fourth-order valence-corrected chi connectivity index (χ4v) is 2.62. The van der Waals surface area contributed by atoms with Gasteiger partial charge in [-0.2, -0.15) is 0 Å². The molecule has 0 radical (unpaired) electrons. The van der Waals surface area contributed by atoms with Crippen molar-refractivity contribution < 1.29 is 0 Å². The standard InChI is InChI=1S/C11H22.C3H8.C2H6/c1-4-10-7-5-6-8-11(10)9(2)3;1-3-2;1-2/h9-11H,4-8H2,1-3H3;3H2,1-2H3;1-2H3. The molecule has 0 heteroatoms. The molecule has 1 fully saturated rings. The summed E-state index contributed by atoms with van der Waals surface area (Å²) in [6.07, 6.45) is 8.62. The SMILES string of the molecule is CC.CCC.CCC1CCCCC1C(C)C. The summed E-state index contributed by atoms with van der Waals surface area (Å²) in [5, 5.41) is 0. The van der Waals surface area contributed by atoms with Crippen molar-refractivity contribution in [2.45, 2.75) is 87.0 Å². The van der Waals surface area contributed by atoms with Gasteiger partial charge in [0.05, 0.1) is 0 Å². The number of hydrogen-bond donors (Lipinski definition) is 0. The fourth-order valence-electron chi connectivity index (χ4n) is 2.62. The van der Waals surface area contributed by atoms with E-state index >= 15 is 0 Å². The molecule has 1 saturated carbocycles. The van der Waals surface area contributed by atoms with Crippen LogP contribution >= 0.6 is 0 Å². The zero-order valence-electron chi connectivity index (χ0n) is 13.0. The topological polar surface area (TPSA) is 0 Å². The molecule has 0 aromatic carbocycles. The summed E-state index contributed by atoms with van der Waals surface area (Å²) in [7, 11) is 0. The Bertz CT molecular complexity index is 115. The highest BCUT2D eigenvalue weighted by Crippen LogP contribution is 2.36. The van der Waals surface area contributed by atoms with Gasteiger partial charge in [-0.1, -0.05) is 80.6 Å². The van der Waals surface area contributed by atoms with E-state index in [4.69, 9.17) is 0 Å². The third-order valence-corrected chi connectivity index (χ3v) is 3.35. The van der Waals surface area contributed by atoms with E-state index in [2.05, 4.69) is 34.6 Å². The third kappa shape index (κ3) is 8.19. The van der Waals surface area contributed by atoms with Crippen LogP contribution in [0.3, 0.4) is 0 Å². The van der Waals surface area contributed by atoms with Crippen LogP contribution in [0.4, 0.5) is 0 Å². The second kappa shape index (κ2) is 13.1. The van der Waals surface area contributed by atoms with Crippen LogP contribution in [0.5, 0.6) is 0 Å². The summed E-state index contributed by atoms with van der Waals surface area (Å²) < 4.78 is 0. The maximum Gasteiger partial charge on any atom is -0.0363 e. The van der Waals surface area contributed by atoms with Gasteiger partial charge in [0.15, 0.2) is 0 Å². The average Bonchev–Trinajstić information content (AvgIpc) is 2.32. The summed E-state index contributed by atoms with van der Waals surface area (Å²) in [6, 6.07) is 0. The molecule has 0 aromatic heterocycles. The van der Waals surface area contributed by atoms with Gasteiger partial charge in [0, 0.05) is 0 Å². The molecule has 0 aliphatic heterocycles. The highest BCUT2D eigenvalue weighted by atomic mass is 14.3. The van der Waals surface area contributed by atoms with Crippen molar-refractivity contribution in [3.05, 3.63) is 0 Å². The molecule has 0 amide bonds. The van der Waals surface area contributed by atoms with Crippen LogP contribution in [-0.2, 0) is 0 Å². The van der Waals surface area contributed by atoms with Gasteiger partial charge in [-0.3, -0.25) is 0 Å². The normalized spacial score (nSPS) is 24.0. The van der Waals surface area contributed by atoms with E-state index in [0.29, 0.717) is 0 Å². The van der Waals surface area contributed by atoms with Crippen molar-refractivity contribution in [1.29, 1.82) is 0 Å². The number of hydrogen-bond acceptors (Lipinski definition) is 0. The van der Waals surface area contributed by atoms with E-state index in [9.17, 15) is 0 Å². The smallest absolute Gasteiger partial charge is 0.0363 e. The van der Waals surface area contributed by atoms with Crippen LogP contribution in [0.15, 0.2) is 0 Å². The minimum atomic E-state index is 0.917. The van der Waals surface area contributed by atoms with E-state index < -0.39 is 0 Å². The predicted octanol–water partition coefficient (Wildman–Crippen LogP) is 6.30. The van der Waals surface area contributed by atoms with Crippen LogP contribution in [0.1, 0.15) is 87.0 Å². The Morgan fingerprint density at radius 2 is 1.38 bits per heavy atom. The van der Waals surface area contributed by atoms with Gasteiger partial charge < -0.3 is 0 Å². The Morgan fingerprint density at radius 1 is 0.938 bits per heavy atom. The molecule has 0 heterocycles. The van der Waals surface area contributed by atoms with Crippen molar-refractivity contribution in [1.82, 2.24) is 0 Å². The van der Waals surface area contributed by atoms with Crippen LogP contribution in [0.2, 0.25) is 0 Å². The minimum Gasteiger partial charge on any atom is -0.0683 e. The molecule has 0 saturated heterocycles. The second-order valence-electron chi connectivity index (χ2n) is 5.07. The second-order valence-corrected chi connectivity index (χ2v) is 5.07. The monoisotopic (exact) mass is 228 g/mol. The lowest BCUT2D eigenvalue weighted by molar-refractivity contribution is 0.175. The molecule has 1 rings (SSSR count). The van der Waals surface area contributed by atoms with Gasteiger partial charge in [0.25, 0.3) is 0 Å². The lowest BCUT2D eigenvalue weighted by Gasteiger charge is -2.33. The van der Waals surface area contributed by atoms with E-state index in [1.807, 2.05) is 13.8 Å². The Hall–Kier alpha value is 0. The van der Waals surface area contributed by atoms with Crippen LogP contribution < -0.4 is 0 Å². The van der Waals surface area contributed by atoms with Crippen molar-refractivity contribution in [3.63, 3.8) is 0 Å². The van der Waals surface area contributed by atoms with Gasteiger partial charge in [-0.05, 0) is 24.2 Å². The van der Waals surface area contributed by atoms with E-state index in [1.54, 1.807) is 0 Å². The van der Waals surface area contributed by atoms with Crippen molar-refractivity contribution in [3.8, 4) is 0 Å². The molecule has 2 unspecified atom stereocenters. The highest BCUT2D eigenvalue weighted by molar-refractivity contribution is 4.76. The van der Waals surface area contributed by atoms with Crippen LogP contribution in [0.25, 0.3) is 0 Å². The molecule has 0 bridgehead atoms. The largest absolute Gasteiger partial charge is 0.0683 e. The predicted molar refractivity (Wildman–Crippen MR) is 77.9 cm³/mol. The molecule has 0 N–H and O–H groups in total. The first-order valence-electron chi connectivity index (χ1n) is 7.67. The zero-order valence-corrected chi connectivity index (χ0v) is 13.0. The molecule has 2 atom stereocenters. The Morgan fingerprint density at radius 3 is 1.69 bits per heavy atom. The summed E-state index contributed by atoms with van der Waals surface area (Å²) in [6.45, 7) is 15.4. The van der Waals surface area contributed by atoms with E-state index in [0.717, 1.165) is 17.8 Å². The van der Waals surface area contributed by atoms with Gasteiger partial charge in [-0.25, -0.2) is 0 Å². The minimum absolute atomic E-state index is 0.917. The van der Waals surface area contributed by atoms with E-state index in [1.165, 1.54) is 38.5 Å². The summed E-state index contributed by atoms with van der Waals surface area (Å²) >= 11 is 0. The molecular weight excluding hydrogens is 192 g/mol. The summed E-state index contributed by atoms with van der Waals surface area (Å²) in [4.78, 5) is 0. The molecule has 0 nitrogen and oxygen atoms in total. The number of rotatable bonds is 2. The quantitative estimate of drug-likeness (QED) is 0.520. The average molecular weight is 228 g/mol. The Kier molecular flexibility index (Phi) is 15.0. The maximum atomic E-state index is 2.39. The molecule has 1 aliphatic carbocycles. The molecule has 1 aliphatic rings. The maximum absolute atomic E-state index is 2.39. The fraction of sp³-hybridized carbons (Fsp3) is 1.00. The molecule has 16 heavy (non-hydrogen) atoms. The summed E-state index contributed by atoms with van der Waals surface area (Å²) in [5.41, 5.74) is 0. The molecule has 0 aromatic rings. The zero-order chi connectivity index (χ0) is 13.0. The van der Waals surface area contributed by atoms with Gasteiger partial charge in [-0.15, -0.1) is 0 Å². The lowest BCUT2D eigenvalue weighted by atomic mass is 9.72. The van der Waals surface area contributed by atoms with Crippen molar-refractivity contribution in [2.75, 3.05) is 0 Å². The summed E-state index contributed by atoms with van der Waals surface area (Å²) in [5.74, 6) is 3.00. The van der Waals surface area contributed by atoms with E-state index in [-0.39, 0.29) is 0 Å².